The average Bonchev–Trinajstić information content (AvgIpc) is 2.84. The van der Waals surface area contributed by atoms with Gasteiger partial charge in [0.1, 0.15) is 17.7 Å². The molecule has 1 aliphatic carbocycles. The van der Waals surface area contributed by atoms with Crippen molar-refractivity contribution in [2.24, 2.45) is 5.92 Å². The van der Waals surface area contributed by atoms with Crippen LogP contribution in [0.5, 0.6) is 5.75 Å². The third-order valence-electron chi connectivity index (χ3n) is 3.86. The summed E-state index contributed by atoms with van der Waals surface area (Å²) >= 11 is 0. The summed E-state index contributed by atoms with van der Waals surface area (Å²) in [5.41, 5.74) is 0. The third kappa shape index (κ3) is 4.68. The minimum atomic E-state index is -0.675. The van der Waals surface area contributed by atoms with Gasteiger partial charge in [0.2, 0.25) is 5.91 Å². The zero-order valence-corrected chi connectivity index (χ0v) is 12.6. The van der Waals surface area contributed by atoms with Crippen LogP contribution in [0.3, 0.4) is 0 Å². The molecule has 6 heteroatoms. The SMILES string of the molecule is COCCC(=O)NC[C@H]1CC[C@@H](Oc2cccc(F)c2)[C@@H]1O. The van der Waals surface area contributed by atoms with E-state index < -0.39 is 6.10 Å². The van der Waals surface area contributed by atoms with Crippen molar-refractivity contribution >= 4 is 5.91 Å². The van der Waals surface area contributed by atoms with Crippen molar-refractivity contribution < 1.29 is 23.8 Å². The second kappa shape index (κ2) is 8.10. The Morgan fingerprint density at radius 3 is 3.00 bits per heavy atom. The Balaban J connectivity index is 1.79. The first kappa shape index (κ1) is 16.7. The molecule has 0 saturated heterocycles. The number of aliphatic hydroxyl groups is 1. The smallest absolute Gasteiger partial charge is 0.222 e. The van der Waals surface area contributed by atoms with E-state index >= 15 is 0 Å². The van der Waals surface area contributed by atoms with Gasteiger partial charge in [-0.05, 0) is 25.0 Å². The van der Waals surface area contributed by atoms with Crippen LogP contribution in [-0.2, 0) is 9.53 Å². The quantitative estimate of drug-likeness (QED) is 0.801. The van der Waals surface area contributed by atoms with Crippen LogP contribution < -0.4 is 10.1 Å². The van der Waals surface area contributed by atoms with Gasteiger partial charge in [0.25, 0.3) is 0 Å². The van der Waals surface area contributed by atoms with E-state index in [-0.39, 0.29) is 23.7 Å². The van der Waals surface area contributed by atoms with E-state index in [1.807, 2.05) is 0 Å². The van der Waals surface area contributed by atoms with Crippen molar-refractivity contribution in [3.63, 3.8) is 0 Å². The average molecular weight is 311 g/mol. The monoisotopic (exact) mass is 311 g/mol. The summed E-state index contributed by atoms with van der Waals surface area (Å²) in [6.45, 7) is 0.789. The van der Waals surface area contributed by atoms with Gasteiger partial charge in [-0.1, -0.05) is 6.07 Å². The molecule has 1 amide bonds. The number of methoxy groups -OCH3 is 1. The second-order valence-electron chi connectivity index (χ2n) is 5.49. The highest BCUT2D eigenvalue weighted by molar-refractivity contribution is 5.75. The molecule has 2 rings (SSSR count). The lowest BCUT2D eigenvalue weighted by Crippen LogP contribution is -2.37. The molecular weight excluding hydrogens is 289 g/mol. The number of amides is 1. The van der Waals surface area contributed by atoms with Crippen molar-refractivity contribution in [1.29, 1.82) is 0 Å². The first-order chi connectivity index (χ1) is 10.6. The highest BCUT2D eigenvalue weighted by Crippen LogP contribution is 2.29. The number of carbonyl (C=O) groups excluding carboxylic acids is 1. The zero-order valence-electron chi connectivity index (χ0n) is 12.6. The molecule has 1 fully saturated rings. The highest BCUT2D eigenvalue weighted by atomic mass is 19.1. The Labute approximate surface area is 129 Å². The fourth-order valence-electron chi connectivity index (χ4n) is 2.62. The standard InChI is InChI=1S/C16H22FNO4/c1-21-8-7-15(19)18-10-11-5-6-14(16(11)20)22-13-4-2-3-12(17)9-13/h2-4,9,11,14,16,20H,5-8,10H2,1H3,(H,18,19)/t11-,14-,16-/m1/s1. The van der Waals surface area contributed by atoms with Gasteiger partial charge in [-0.3, -0.25) is 4.79 Å². The molecule has 1 aliphatic rings. The molecule has 2 N–H and O–H groups in total. The van der Waals surface area contributed by atoms with Gasteiger partial charge in [0.15, 0.2) is 0 Å². The predicted octanol–water partition coefficient (Wildman–Crippen LogP) is 1.50. The lowest BCUT2D eigenvalue weighted by molar-refractivity contribution is -0.122. The lowest BCUT2D eigenvalue weighted by Gasteiger charge is -2.21. The summed E-state index contributed by atoms with van der Waals surface area (Å²) < 4.78 is 23.6. The Bertz CT molecular complexity index is 497. The van der Waals surface area contributed by atoms with Crippen molar-refractivity contribution in [2.75, 3.05) is 20.3 Å². The molecule has 1 aromatic rings. The van der Waals surface area contributed by atoms with E-state index in [0.29, 0.717) is 31.7 Å². The van der Waals surface area contributed by atoms with Crippen LogP contribution in [0.2, 0.25) is 0 Å². The first-order valence-electron chi connectivity index (χ1n) is 7.46. The Kier molecular flexibility index (Phi) is 6.15. The molecule has 3 atom stereocenters. The summed E-state index contributed by atoms with van der Waals surface area (Å²) in [4.78, 5) is 11.5. The number of ether oxygens (including phenoxy) is 2. The molecule has 0 heterocycles. The van der Waals surface area contributed by atoms with Crippen LogP contribution in [0.15, 0.2) is 24.3 Å². The molecule has 0 unspecified atom stereocenters. The summed E-state index contributed by atoms with van der Waals surface area (Å²) in [6, 6.07) is 5.87. The largest absolute Gasteiger partial charge is 0.488 e. The van der Waals surface area contributed by atoms with E-state index in [1.165, 1.54) is 12.1 Å². The zero-order chi connectivity index (χ0) is 15.9. The Morgan fingerprint density at radius 1 is 1.45 bits per heavy atom. The summed E-state index contributed by atoms with van der Waals surface area (Å²) in [6.07, 6.45) is 0.693. The third-order valence-corrected chi connectivity index (χ3v) is 3.86. The van der Waals surface area contributed by atoms with E-state index in [2.05, 4.69) is 5.32 Å². The van der Waals surface area contributed by atoms with E-state index in [9.17, 15) is 14.3 Å². The molecule has 1 saturated carbocycles. The van der Waals surface area contributed by atoms with Gasteiger partial charge in [0, 0.05) is 32.1 Å². The molecule has 22 heavy (non-hydrogen) atoms. The molecule has 0 aliphatic heterocycles. The predicted molar refractivity (Wildman–Crippen MR) is 79.0 cm³/mol. The number of carbonyl (C=O) groups is 1. The molecular formula is C16H22FNO4. The van der Waals surface area contributed by atoms with Crippen LogP contribution in [-0.4, -0.2) is 43.5 Å². The maximum Gasteiger partial charge on any atom is 0.222 e. The van der Waals surface area contributed by atoms with Gasteiger partial charge >= 0.3 is 0 Å². The topological polar surface area (TPSA) is 67.8 Å². The van der Waals surface area contributed by atoms with Gasteiger partial charge < -0.3 is 19.9 Å². The maximum absolute atomic E-state index is 13.1. The van der Waals surface area contributed by atoms with Crippen molar-refractivity contribution in [1.82, 2.24) is 5.32 Å². The minimum Gasteiger partial charge on any atom is -0.488 e. The van der Waals surface area contributed by atoms with Crippen molar-refractivity contribution in [3.05, 3.63) is 30.1 Å². The fraction of sp³-hybridized carbons (Fsp3) is 0.562. The van der Waals surface area contributed by atoms with Crippen molar-refractivity contribution in [2.45, 2.75) is 31.5 Å². The fourth-order valence-corrected chi connectivity index (χ4v) is 2.62. The van der Waals surface area contributed by atoms with Gasteiger partial charge in [-0.2, -0.15) is 0 Å². The van der Waals surface area contributed by atoms with Crippen LogP contribution >= 0.6 is 0 Å². The van der Waals surface area contributed by atoms with Gasteiger partial charge in [0.05, 0.1) is 12.7 Å². The van der Waals surface area contributed by atoms with Crippen LogP contribution in [0.4, 0.5) is 4.39 Å². The number of nitrogens with one attached hydrogen (secondary N) is 1. The number of aliphatic hydroxyl groups excluding tert-OH is 1. The van der Waals surface area contributed by atoms with Crippen LogP contribution in [0, 0.1) is 11.7 Å². The molecule has 0 aromatic heterocycles. The second-order valence-corrected chi connectivity index (χ2v) is 5.49. The maximum atomic E-state index is 13.1. The molecule has 5 nitrogen and oxygen atoms in total. The number of hydrogen-bond donors (Lipinski definition) is 2. The number of hydrogen-bond acceptors (Lipinski definition) is 4. The van der Waals surface area contributed by atoms with Crippen molar-refractivity contribution in [3.8, 4) is 5.75 Å². The van der Waals surface area contributed by atoms with Gasteiger partial charge in [-0.15, -0.1) is 0 Å². The molecule has 0 spiro atoms. The first-order valence-corrected chi connectivity index (χ1v) is 7.46. The minimum absolute atomic E-state index is 0.0509. The van der Waals surface area contributed by atoms with Crippen LogP contribution in [0.1, 0.15) is 19.3 Å². The number of benzene rings is 1. The highest BCUT2D eigenvalue weighted by Gasteiger charge is 2.36. The van der Waals surface area contributed by atoms with Gasteiger partial charge in [-0.25, -0.2) is 4.39 Å². The van der Waals surface area contributed by atoms with E-state index in [1.54, 1.807) is 19.2 Å². The number of rotatable bonds is 7. The summed E-state index contributed by atoms with van der Waals surface area (Å²) in [7, 11) is 1.54. The molecule has 0 radical (unpaired) electrons. The normalized spacial score (nSPS) is 24.2. The lowest BCUT2D eigenvalue weighted by atomic mass is 10.1. The Hall–Kier alpha value is -1.66. The summed E-state index contributed by atoms with van der Waals surface area (Å²) in [5, 5.41) is 13.1. The van der Waals surface area contributed by atoms with E-state index in [4.69, 9.17) is 9.47 Å². The van der Waals surface area contributed by atoms with Crippen LogP contribution in [0.25, 0.3) is 0 Å². The Morgan fingerprint density at radius 2 is 2.27 bits per heavy atom. The van der Waals surface area contributed by atoms with E-state index in [0.717, 1.165) is 6.42 Å². The number of halogens is 1. The molecule has 0 bridgehead atoms. The molecule has 1 aromatic carbocycles. The summed E-state index contributed by atoms with van der Waals surface area (Å²) in [5.74, 6) is -0.102. The molecule has 122 valence electrons.